The fourth-order valence-electron chi connectivity index (χ4n) is 3.69. The van der Waals surface area contributed by atoms with E-state index < -0.39 is 0 Å². The third kappa shape index (κ3) is 7.28. The van der Waals surface area contributed by atoms with Gasteiger partial charge in [0.15, 0.2) is 5.96 Å². The first-order valence-corrected chi connectivity index (χ1v) is 10.1. The summed E-state index contributed by atoms with van der Waals surface area (Å²) in [6.07, 6.45) is 3.14. The molecule has 7 heteroatoms. The molecule has 1 aliphatic rings. The molecule has 0 saturated carbocycles. The van der Waals surface area contributed by atoms with Gasteiger partial charge in [0, 0.05) is 31.5 Å². The highest BCUT2D eigenvalue weighted by Gasteiger charge is 2.22. The Morgan fingerprint density at radius 1 is 1.13 bits per heavy atom. The van der Waals surface area contributed by atoms with Crippen LogP contribution < -0.4 is 11.1 Å². The highest BCUT2D eigenvalue weighted by molar-refractivity contribution is 14.0. The number of piperidine rings is 1. The van der Waals surface area contributed by atoms with Gasteiger partial charge in [0.05, 0.1) is 6.61 Å². The number of nitrogens with one attached hydrogen (secondary N) is 1. The molecule has 1 amide bonds. The van der Waals surface area contributed by atoms with E-state index in [4.69, 9.17) is 10.5 Å². The minimum Gasteiger partial charge on any atom is -0.380 e. The molecule has 0 aliphatic carbocycles. The molecule has 3 N–H and O–H groups in total. The number of carbonyl (C=O) groups excluding carboxylic acids is 1. The zero-order chi connectivity index (χ0) is 20.5. The Hall–Kier alpha value is -2.13. The molecule has 2 aromatic rings. The maximum atomic E-state index is 12.5. The zero-order valence-corrected chi connectivity index (χ0v) is 19.8. The lowest BCUT2D eigenvalue weighted by atomic mass is 9.90. The fraction of sp³-hybridized carbons (Fsp3) is 0.391. The van der Waals surface area contributed by atoms with Crippen LogP contribution in [-0.2, 0) is 22.6 Å². The van der Waals surface area contributed by atoms with E-state index in [0.717, 1.165) is 43.6 Å². The highest BCUT2D eigenvalue weighted by Crippen LogP contribution is 2.21. The number of nitrogens with two attached hydrogens (primary N) is 1. The number of hydrogen-bond acceptors (Lipinski definition) is 3. The molecule has 0 unspecified atom stereocenters. The first-order valence-electron chi connectivity index (χ1n) is 10.1. The van der Waals surface area contributed by atoms with Gasteiger partial charge >= 0.3 is 0 Å². The Morgan fingerprint density at radius 3 is 2.50 bits per heavy atom. The number of amides is 1. The molecule has 0 spiro atoms. The van der Waals surface area contributed by atoms with Crippen molar-refractivity contribution in [2.24, 2.45) is 16.6 Å². The molecule has 0 radical (unpaired) electrons. The minimum atomic E-state index is 0. The van der Waals surface area contributed by atoms with Gasteiger partial charge in [-0.05, 0) is 36.8 Å². The molecule has 162 valence electrons. The van der Waals surface area contributed by atoms with E-state index in [2.05, 4.69) is 34.6 Å². The summed E-state index contributed by atoms with van der Waals surface area (Å²) in [6, 6.07) is 18.3. The maximum Gasteiger partial charge on any atom is 0.244 e. The molecule has 1 saturated heterocycles. The summed E-state index contributed by atoms with van der Waals surface area (Å²) in [5, 5.41) is 3.06. The summed E-state index contributed by atoms with van der Waals surface area (Å²) in [4.78, 5) is 18.6. The Morgan fingerprint density at radius 2 is 1.80 bits per heavy atom. The minimum absolute atomic E-state index is 0. The van der Waals surface area contributed by atoms with Crippen molar-refractivity contribution in [1.82, 2.24) is 4.90 Å². The van der Waals surface area contributed by atoms with Crippen molar-refractivity contribution in [1.29, 1.82) is 0 Å². The molecule has 2 aromatic carbocycles. The average molecular weight is 522 g/mol. The zero-order valence-electron chi connectivity index (χ0n) is 17.4. The van der Waals surface area contributed by atoms with E-state index in [1.54, 1.807) is 7.11 Å². The van der Waals surface area contributed by atoms with Crippen molar-refractivity contribution in [2.45, 2.75) is 25.9 Å². The van der Waals surface area contributed by atoms with Crippen LogP contribution in [0, 0.1) is 5.92 Å². The quantitative estimate of drug-likeness (QED) is 0.331. The van der Waals surface area contributed by atoms with Crippen LogP contribution in [0.15, 0.2) is 59.6 Å². The van der Waals surface area contributed by atoms with E-state index in [0.29, 0.717) is 12.5 Å². The SMILES string of the molecule is COCc1ccccc1NC(N)=NCC(=O)N1CCC(Cc2ccccc2)CC1.I. The second kappa shape index (κ2) is 12.5. The van der Waals surface area contributed by atoms with Crippen LogP contribution in [0.4, 0.5) is 5.69 Å². The standard InChI is InChI=1S/C23H30N4O2.HI/c1-29-17-20-9-5-6-10-21(20)26-23(24)25-16-22(28)27-13-11-19(12-14-27)15-18-7-3-2-4-8-18;/h2-10,19H,11-17H2,1H3,(H3,24,25,26);1H. The van der Waals surface area contributed by atoms with E-state index >= 15 is 0 Å². The third-order valence-corrected chi connectivity index (χ3v) is 5.30. The Kier molecular flexibility index (Phi) is 10.1. The summed E-state index contributed by atoms with van der Waals surface area (Å²) in [5.41, 5.74) is 9.18. The maximum absolute atomic E-state index is 12.5. The van der Waals surface area contributed by atoms with Gasteiger partial charge in [0.2, 0.25) is 5.91 Å². The van der Waals surface area contributed by atoms with Crippen LogP contribution in [0.1, 0.15) is 24.0 Å². The molecule has 3 rings (SSSR count). The lowest BCUT2D eigenvalue weighted by Gasteiger charge is -2.31. The summed E-state index contributed by atoms with van der Waals surface area (Å²) in [6.45, 7) is 2.12. The lowest BCUT2D eigenvalue weighted by Crippen LogP contribution is -2.40. The number of methoxy groups -OCH3 is 1. The molecule has 1 fully saturated rings. The van der Waals surface area contributed by atoms with Crippen LogP contribution in [0.2, 0.25) is 0 Å². The normalized spacial score (nSPS) is 14.8. The number of guanidine groups is 1. The highest BCUT2D eigenvalue weighted by atomic mass is 127. The smallest absolute Gasteiger partial charge is 0.244 e. The van der Waals surface area contributed by atoms with Gasteiger partial charge in [-0.15, -0.1) is 24.0 Å². The Labute approximate surface area is 195 Å². The van der Waals surface area contributed by atoms with Gasteiger partial charge in [-0.3, -0.25) is 4.79 Å². The number of aliphatic imine (C=N–C) groups is 1. The second-order valence-electron chi connectivity index (χ2n) is 7.43. The van der Waals surface area contributed by atoms with E-state index in [1.165, 1.54) is 5.56 Å². The number of anilines is 1. The van der Waals surface area contributed by atoms with E-state index in [9.17, 15) is 4.79 Å². The number of rotatable bonds is 7. The van der Waals surface area contributed by atoms with Gasteiger partial charge in [-0.2, -0.15) is 0 Å². The fourth-order valence-corrected chi connectivity index (χ4v) is 3.69. The number of ether oxygens (including phenoxy) is 1. The van der Waals surface area contributed by atoms with Gasteiger partial charge in [-0.1, -0.05) is 48.5 Å². The number of carbonyl (C=O) groups is 1. The number of benzene rings is 2. The van der Waals surface area contributed by atoms with Crippen LogP contribution in [0.25, 0.3) is 0 Å². The van der Waals surface area contributed by atoms with Crippen LogP contribution in [-0.4, -0.2) is 43.5 Å². The van der Waals surface area contributed by atoms with Crippen molar-refractivity contribution in [3.63, 3.8) is 0 Å². The van der Waals surface area contributed by atoms with E-state index in [1.807, 2.05) is 35.2 Å². The summed E-state index contributed by atoms with van der Waals surface area (Å²) < 4.78 is 5.19. The van der Waals surface area contributed by atoms with Gasteiger partial charge < -0.3 is 20.7 Å². The molecule has 0 atom stereocenters. The molecule has 1 heterocycles. The largest absolute Gasteiger partial charge is 0.380 e. The monoisotopic (exact) mass is 522 g/mol. The summed E-state index contributed by atoms with van der Waals surface area (Å²) in [7, 11) is 1.65. The third-order valence-electron chi connectivity index (χ3n) is 5.30. The molecule has 0 bridgehead atoms. The van der Waals surface area contributed by atoms with Crippen molar-refractivity contribution in [3.8, 4) is 0 Å². The van der Waals surface area contributed by atoms with Crippen LogP contribution in [0.5, 0.6) is 0 Å². The second-order valence-corrected chi connectivity index (χ2v) is 7.43. The molecular weight excluding hydrogens is 491 g/mol. The topological polar surface area (TPSA) is 80.0 Å². The lowest BCUT2D eigenvalue weighted by molar-refractivity contribution is -0.130. The van der Waals surface area contributed by atoms with Crippen LogP contribution in [0.3, 0.4) is 0 Å². The van der Waals surface area contributed by atoms with Gasteiger partial charge in [0.25, 0.3) is 0 Å². The molecule has 30 heavy (non-hydrogen) atoms. The van der Waals surface area contributed by atoms with Crippen molar-refractivity contribution in [3.05, 3.63) is 65.7 Å². The molecule has 0 aromatic heterocycles. The predicted molar refractivity (Wildman–Crippen MR) is 132 cm³/mol. The summed E-state index contributed by atoms with van der Waals surface area (Å²) in [5.74, 6) is 0.896. The average Bonchev–Trinajstić information content (AvgIpc) is 2.75. The number of hydrogen-bond donors (Lipinski definition) is 2. The first kappa shape index (κ1) is 24.1. The molecule has 1 aliphatic heterocycles. The summed E-state index contributed by atoms with van der Waals surface area (Å²) >= 11 is 0. The molecular formula is C23H31IN4O2. The molecule has 6 nitrogen and oxygen atoms in total. The van der Waals surface area contributed by atoms with E-state index in [-0.39, 0.29) is 42.4 Å². The van der Waals surface area contributed by atoms with Gasteiger partial charge in [-0.25, -0.2) is 4.99 Å². The Bertz CT molecular complexity index is 821. The number of nitrogens with zero attached hydrogens (tertiary/aromatic N) is 2. The van der Waals surface area contributed by atoms with Crippen LogP contribution >= 0.6 is 24.0 Å². The number of halogens is 1. The van der Waals surface area contributed by atoms with Crippen molar-refractivity contribution >= 4 is 41.5 Å². The number of likely N-dealkylation sites (tertiary alicyclic amines) is 1. The van der Waals surface area contributed by atoms with Gasteiger partial charge in [0.1, 0.15) is 6.54 Å². The predicted octanol–water partition coefficient (Wildman–Crippen LogP) is 3.66. The van der Waals surface area contributed by atoms with Crippen molar-refractivity contribution < 1.29 is 9.53 Å². The number of para-hydroxylation sites is 1. The van der Waals surface area contributed by atoms with Crippen molar-refractivity contribution in [2.75, 3.05) is 32.1 Å². The Balaban J connectivity index is 0.00000320. The first-order chi connectivity index (χ1) is 14.2.